The fraction of sp³-hybridized carbons (Fsp3) is 0.227. The Kier molecular flexibility index (Phi) is 4.37. The van der Waals surface area contributed by atoms with Gasteiger partial charge in [0.2, 0.25) is 5.95 Å². The van der Waals surface area contributed by atoms with E-state index in [-0.39, 0.29) is 0 Å². The Balaban J connectivity index is 1.53. The van der Waals surface area contributed by atoms with Gasteiger partial charge >= 0.3 is 0 Å². The minimum atomic E-state index is 0.531. The normalized spacial score (nSPS) is 14.0. The van der Waals surface area contributed by atoms with Crippen molar-refractivity contribution in [1.29, 1.82) is 0 Å². The Morgan fingerprint density at radius 1 is 1.14 bits per heavy atom. The molecule has 0 radical (unpaired) electrons. The molecule has 1 aliphatic heterocycles. The Morgan fingerprint density at radius 2 is 2.07 bits per heavy atom. The van der Waals surface area contributed by atoms with Gasteiger partial charge in [-0.25, -0.2) is 4.98 Å². The highest BCUT2D eigenvalue weighted by atomic mass is 16.5. The van der Waals surface area contributed by atoms with Crippen molar-refractivity contribution in [2.75, 3.05) is 26.0 Å². The summed E-state index contributed by atoms with van der Waals surface area (Å²) < 4.78 is 7.64. The molecular weight excluding hydrogens is 364 g/mol. The van der Waals surface area contributed by atoms with Crippen LogP contribution in [0.3, 0.4) is 0 Å². The summed E-state index contributed by atoms with van der Waals surface area (Å²) in [5.74, 6) is 1.34. The minimum absolute atomic E-state index is 0.531. The van der Waals surface area contributed by atoms with Crippen molar-refractivity contribution >= 4 is 22.7 Å². The average molecular weight is 386 g/mol. The Bertz CT molecular complexity index is 1170. The smallest absolute Gasteiger partial charge is 0.229 e. The number of benzene rings is 1. The second-order valence-corrected chi connectivity index (χ2v) is 7.30. The molecule has 1 aliphatic rings. The van der Waals surface area contributed by atoms with E-state index in [4.69, 9.17) is 9.72 Å². The van der Waals surface area contributed by atoms with Crippen molar-refractivity contribution < 1.29 is 4.74 Å². The van der Waals surface area contributed by atoms with Gasteiger partial charge in [0.25, 0.3) is 0 Å². The number of anilines is 2. The zero-order chi connectivity index (χ0) is 19.8. The van der Waals surface area contributed by atoms with E-state index in [0.717, 1.165) is 47.7 Å². The predicted octanol–water partition coefficient (Wildman–Crippen LogP) is 3.56. The molecule has 4 heterocycles. The monoisotopic (exact) mass is 386 g/mol. The molecule has 0 unspecified atom stereocenters. The summed E-state index contributed by atoms with van der Waals surface area (Å²) in [6.45, 7) is 1.99. The maximum absolute atomic E-state index is 5.63. The summed E-state index contributed by atoms with van der Waals surface area (Å²) in [5, 5.41) is 4.33. The van der Waals surface area contributed by atoms with Gasteiger partial charge < -0.3 is 15.0 Å². The SMILES string of the molecule is COc1cc2c(cc1Nc1ncc3ccn(-c4cccnc4)c3n1)CN(C)CC2. The molecular formula is C22H22N6O. The van der Waals surface area contributed by atoms with E-state index in [1.54, 1.807) is 13.3 Å². The number of aromatic nitrogens is 4. The lowest BCUT2D eigenvalue weighted by Crippen LogP contribution is -2.26. The van der Waals surface area contributed by atoms with Crippen LogP contribution in [0.2, 0.25) is 0 Å². The molecule has 0 amide bonds. The van der Waals surface area contributed by atoms with Crippen molar-refractivity contribution in [3.05, 3.63) is 66.2 Å². The molecule has 3 aromatic heterocycles. The van der Waals surface area contributed by atoms with Crippen LogP contribution in [-0.2, 0) is 13.0 Å². The van der Waals surface area contributed by atoms with Crippen molar-refractivity contribution in [2.24, 2.45) is 0 Å². The lowest BCUT2D eigenvalue weighted by atomic mass is 9.99. The van der Waals surface area contributed by atoms with E-state index >= 15 is 0 Å². The molecule has 7 nitrogen and oxygen atoms in total. The van der Waals surface area contributed by atoms with Crippen molar-refractivity contribution in [2.45, 2.75) is 13.0 Å². The number of likely N-dealkylation sites (N-methyl/N-ethyl adjacent to an activating group) is 1. The molecule has 1 N–H and O–H groups in total. The van der Waals surface area contributed by atoms with Gasteiger partial charge in [0, 0.05) is 37.1 Å². The number of hydrogen-bond donors (Lipinski definition) is 1. The lowest BCUT2D eigenvalue weighted by molar-refractivity contribution is 0.312. The Morgan fingerprint density at radius 3 is 2.90 bits per heavy atom. The van der Waals surface area contributed by atoms with E-state index in [1.807, 2.05) is 41.4 Å². The summed E-state index contributed by atoms with van der Waals surface area (Å²) in [7, 11) is 3.84. The fourth-order valence-electron chi connectivity index (χ4n) is 3.80. The molecule has 0 aliphatic carbocycles. The third kappa shape index (κ3) is 3.30. The predicted molar refractivity (Wildman–Crippen MR) is 113 cm³/mol. The van der Waals surface area contributed by atoms with Gasteiger partial charge in [-0.1, -0.05) is 0 Å². The van der Waals surface area contributed by atoms with Gasteiger partial charge in [-0.15, -0.1) is 0 Å². The first kappa shape index (κ1) is 17.6. The number of fused-ring (bicyclic) bond motifs is 2. The number of pyridine rings is 1. The van der Waals surface area contributed by atoms with Crippen LogP contribution >= 0.6 is 0 Å². The zero-order valence-corrected chi connectivity index (χ0v) is 16.5. The highest BCUT2D eigenvalue weighted by molar-refractivity contribution is 5.79. The molecule has 0 saturated heterocycles. The zero-order valence-electron chi connectivity index (χ0n) is 16.5. The number of rotatable bonds is 4. The van der Waals surface area contributed by atoms with Crippen molar-refractivity contribution in [1.82, 2.24) is 24.4 Å². The summed E-state index contributed by atoms with van der Waals surface area (Å²) >= 11 is 0. The summed E-state index contributed by atoms with van der Waals surface area (Å²) in [4.78, 5) is 15.8. The van der Waals surface area contributed by atoms with Crippen LogP contribution in [0.1, 0.15) is 11.1 Å². The topological polar surface area (TPSA) is 68.1 Å². The second kappa shape index (κ2) is 7.18. The largest absolute Gasteiger partial charge is 0.495 e. The van der Waals surface area contributed by atoms with Crippen molar-refractivity contribution in [3.8, 4) is 11.4 Å². The molecule has 7 heteroatoms. The molecule has 0 atom stereocenters. The minimum Gasteiger partial charge on any atom is -0.495 e. The number of methoxy groups -OCH3 is 1. The first-order valence-corrected chi connectivity index (χ1v) is 9.61. The Hall–Kier alpha value is -3.45. The van der Waals surface area contributed by atoms with E-state index in [0.29, 0.717) is 5.95 Å². The van der Waals surface area contributed by atoms with Crippen LogP contribution in [0.4, 0.5) is 11.6 Å². The van der Waals surface area contributed by atoms with Crippen LogP contribution in [0.5, 0.6) is 5.75 Å². The number of ether oxygens (including phenoxy) is 1. The van der Waals surface area contributed by atoms with Crippen LogP contribution in [0.25, 0.3) is 16.7 Å². The van der Waals surface area contributed by atoms with E-state index in [9.17, 15) is 0 Å². The number of nitrogens with zero attached hydrogens (tertiary/aromatic N) is 5. The maximum Gasteiger partial charge on any atom is 0.229 e. The summed E-state index contributed by atoms with van der Waals surface area (Å²) in [6.07, 6.45) is 8.42. The van der Waals surface area contributed by atoms with Gasteiger partial charge in [0.1, 0.15) is 11.4 Å². The van der Waals surface area contributed by atoms with Gasteiger partial charge in [-0.2, -0.15) is 4.98 Å². The highest BCUT2D eigenvalue weighted by Crippen LogP contribution is 2.33. The molecule has 29 heavy (non-hydrogen) atoms. The van der Waals surface area contributed by atoms with Crippen LogP contribution in [0, 0.1) is 0 Å². The summed E-state index contributed by atoms with van der Waals surface area (Å²) in [5.41, 5.74) is 5.31. The quantitative estimate of drug-likeness (QED) is 0.578. The van der Waals surface area contributed by atoms with Crippen LogP contribution < -0.4 is 10.1 Å². The molecule has 0 fully saturated rings. The van der Waals surface area contributed by atoms with Gasteiger partial charge in [-0.05, 0) is 54.9 Å². The average Bonchev–Trinajstić information content (AvgIpc) is 3.17. The first-order chi connectivity index (χ1) is 14.2. The molecule has 0 spiro atoms. The molecule has 5 rings (SSSR count). The lowest BCUT2D eigenvalue weighted by Gasteiger charge is -2.26. The first-order valence-electron chi connectivity index (χ1n) is 9.61. The fourth-order valence-corrected chi connectivity index (χ4v) is 3.80. The molecule has 146 valence electrons. The van der Waals surface area contributed by atoms with E-state index < -0.39 is 0 Å². The van der Waals surface area contributed by atoms with Crippen LogP contribution in [-0.4, -0.2) is 45.1 Å². The standard InChI is InChI=1S/C22H22N6O/c1-27-8-5-15-11-20(29-2)19(10-17(15)14-27)25-22-24-12-16-6-9-28(21(16)26-22)18-4-3-7-23-13-18/h3-4,6-7,9-13H,5,8,14H2,1-2H3,(H,24,25,26). The molecule has 4 aromatic rings. The molecule has 1 aromatic carbocycles. The highest BCUT2D eigenvalue weighted by Gasteiger charge is 2.17. The number of hydrogen-bond acceptors (Lipinski definition) is 6. The van der Waals surface area contributed by atoms with Crippen LogP contribution in [0.15, 0.2) is 55.1 Å². The summed E-state index contributed by atoms with van der Waals surface area (Å²) in [6, 6.07) is 10.2. The molecule has 0 bridgehead atoms. The number of nitrogens with one attached hydrogen (secondary N) is 1. The second-order valence-electron chi connectivity index (χ2n) is 7.30. The van der Waals surface area contributed by atoms with Gasteiger partial charge in [0.05, 0.1) is 24.7 Å². The maximum atomic E-state index is 5.63. The third-order valence-electron chi connectivity index (χ3n) is 5.32. The van der Waals surface area contributed by atoms with Crippen molar-refractivity contribution in [3.63, 3.8) is 0 Å². The van der Waals surface area contributed by atoms with E-state index in [2.05, 4.69) is 39.4 Å². The van der Waals surface area contributed by atoms with Gasteiger partial charge in [-0.3, -0.25) is 9.55 Å². The third-order valence-corrected chi connectivity index (χ3v) is 5.32. The van der Waals surface area contributed by atoms with E-state index in [1.165, 1.54) is 11.1 Å². The van der Waals surface area contributed by atoms with Gasteiger partial charge in [0.15, 0.2) is 0 Å². The molecule has 0 saturated carbocycles. The Labute approximate surface area is 169 Å².